The molecule has 0 heterocycles. The van der Waals surface area contributed by atoms with E-state index < -0.39 is 0 Å². The molecule has 1 saturated carbocycles. The van der Waals surface area contributed by atoms with Crippen molar-refractivity contribution in [1.29, 1.82) is 0 Å². The van der Waals surface area contributed by atoms with Crippen molar-refractivity contribution in [3.63, 3.8) is 0 Å². The van der Waals surface area contributed by atoms with E-state index in [1.165, 1.54) is 25.3 Å². The molecule has 1 fully saturated rings. The Kier molecular flexibility index (Phi) is 3.83. The Labute approximate surface area is 107 Å². The summed E-state index contributed by atoms with van der Waals surface area (Å²) in [6.45, 7) is 0. The number of hydrogen-bond donors (Lipinski definition) is 0. The third-order valence-electron chi connectivity index (χ3n) is 2.99. The highest BCUT2D eigenvalue weighted by molar-refractivity contribution is 9.10. The van der Waals surface area contributed by atoms with Gasteiger partial charge in [0.25, 0.3) is 0 Å². The highest BCUT2D eigenvalue weighted by Gasteiger charge is 2.24. The van der Waals surface area contributed by atoms with Gasteiger partial charge in [-0.15, -0.1) is 0 Å². The fourth-order valence-corrected chi connectivity index (χ4v) is 3.54. The molecule has 3 heteroatoms. The van der Waals surface area contributed by atoms with Crippen LogP contribution in [0.25, 0.3) is 0 Å². The van der Waals surface area contributed by atoms with Gasteiger partial charge in [-0.2, -0.15) is 0 Å². The SMILES string of the molecule is Fc1cc(Br)cc(CC2CCCC2Br)c1. The summed E-state index contributed by atoms with van der Waals surface area (Å²) in [6, 6.07) is 5.16. The largest absolute Gasteiger partial charge is 0.207 e. The number of rotatable bonds is 2. The second kappa shape index (κ2) is 4.96. The number of hydrogen-bond acceptors (Lipinski definition) is 0. The highest BCUT2D eigenvalue weighted by atomic mass is 79.9. The molecule has 0 spiro atoms. The first-order valence-electron chi connectivity index (χ1n) is 5.24. The van der Waals surface area contributed by atoms with Crippen molar-refractivity contribution in [2.75, 3.05) is 0 Å². The van der Waals surface area contributed by atoms with Crippen molar-refractivity contribution in [1.82, 2.24) is 0 Å². The van der Waals surface area contributed by atoms with Gasteiger partial charge in [0.05, 0.1) is 0 Å². The highest BCUT2D eigenvalue weighted by Crippen LogP contribution is 2.34. The summed E-state index contributed by atoms with van der Waals surface area (Å²) in [4.78, 5) is 0.611. The van der Waals surface area contributed by atoms with Crippen LogP contribution in [0.5, 0.6) is 0 Å². The van der Waals surface area contributed by atoms with Crippen LogP contribution in [0.2, 0.25) is 0 Å². The van der Waals surface area contributed by atoms with Crippen molar-refractivity contribution >= 4 is 31.9 Å². The second-order valence-electron chi connectivity index (χ2n) is 4.19. The number of halogens is 3. The molecule has 82 valence electrons. The molecule has 0 radical (unpaired) electrons. The van der Waals surface area contributed by atoms with E-state index >= 15 is 0 Å². The van der Waals surface area contributed by atoms with Gasteiger partial charge in [0.1, 0.15) is 5.82 Å². The molecule has 1 aromatic carbocycles. The standard InChI is InChI=1S/C12H13Br2F/c13-10-5-8(6-11(15)7-10)4-9-2-1-3-12(9)14/h5-7,9,12H,1-4H2. The van der Waals surface area contributed by atoms with Gasteiger partial charge in [0.15, 0.2) is 0 Å². The molecule has 1 aliphatic carbocycles. The first-order valence-corrected chi connectivity index (χ1v) is 6.95. The average molecular weight is 336 g/mol. The molecule has 0 bridgehead atoms. The summed E-state index contributed by atoms with van der Waals surface area (Å²) in [6.07, 6.45) is 4.77. The van der Waals surface area contributed by atoms with E-state index in [4.69, 9.17) is 0 Å². The molecular weight excluding hydrogens is 323 g/mol. The van der Waals surface area contributed by atoms with Gasteiger partial charge < -0.3 is 0 Å². The van der Waals surface area contributed by atoms with E-state index in [1.54, 1.807) is 6.07 Å². The quantitative estimate of drug-likeness (QED) is 0.687. The summed E-state index contributed by atoms with van der Waals surface area (Å²) in [5.41, 5.74) is 1.10. The molecule has 2 rings (SSSR count). The lowest BCUT2D eigenvalue weighted by atomic mass is 9.98. The van der Waals surface area contributed by atoms with Gasteiger partial charge in [0.2, 0.25) is 0 Å². The maximum Gasteiger partial charge on any atom is 0.124 e. The minimum atomic E-state index is -0.150. The molecule has 0 saturated heterocycles. The third-order valence-corrected chi connectivity index (χ3v) is 4.65. The monoisotopic (exact) mass is 334 g/mol. The zero-order valence-electron chi connectivity index (χ0n) is 8.35. The summed E-state index contributed by atoms with van der Waals surface area (Å²) in [5.74, 6) is 0.516. The Bertz CT molecular complexity index is 331. The van der Waals surface area contributed by atoms with E-state index in [2.05, 4.69) is 31.9 Å². The molecule has 15 heavy (non-hydrogen) atoms. The van der Waals surface area contributed by atoms with Crippen molar-refractivity contribution in [2.45, 2.75) is 30.5 Å². The topological polar surface area (TPSA) is 0 Å². The lowest BCUT2D eigenvalue weighted by Crippen LogP contribution is -2.09. The van der Waals surface area contributed by atoms with Crippen LogP contribution >= 0.6 is 31.9 Å². The van der Waals surface area contributed by atoms with Crippen LogP contribution in [0, 0.1) is 11.7 Å². The first kappa shape index (κ1) is 11.6. The Morgan fingerprint density at radius 1 is 1.27 bits per heavy atom. The fraction of sp³-hybridized carbons (Fsp3) is 0.500. The van der Waals surface area contributed by atoms with Crippen molar-refractivity contribution in [3.05, 3.63) is 34.1 Å². The predicted octanol–water partition coefficient (Wildman–Crippen LogP) is 4.69. The van der Waals surface area contributed by atoms with Gasteiger partial charge in [-0.1, -0.05) is 38.3 Å². The summed E-state index contributed by atoms with van der Waals surface area (Å²) in [7, 11) is 0. The lowest BCUT2D eigenvalue weighted by molar-refractivity contribution is 0.557. The molecule has 2 atom stereocenters. The average Bonchev–Trinajstić information content (AvgIpc) is 2.50. The van der Waals surface area contributed by atoms with E-state index in [0.717, 1.165) is 16.5 Å². The molecule has 0 amide bonds. The Balaban J connectivity index is 2.10. The fourth-order valence-electron chi connectivity index (χ4n) is 2.25. The minimum absolute atomic E-state index is 0.150. The van der Waals surface area contributed by atoms with Gasteiger partial charge in [0, 0.05) is 9.30 Å². The molecule has 0 aliphatic heterocycles. The predicted molar refractivity (Wildman–Crippen MR) is 67.9 cm³/mol. The maximum absolute atomic E-state index is 13.2. The smallest absolute Gasteiger partial charge is 0.124 e. The van der Waals surface area contributed by atoms with Gasteiger partial charge >= 0.3 is 0 Å². The number of benzene rings is 1. The number of alkyl halides is 1. The van der Waals surface area contributed by atoms with Crippen LogP contribution in [0.3, 0.4) is 0 Å². The Morgan fingerprint density at radius 2 is 2.07 bits per heavy atom. The van der Waals surface area contributed by atoms with E-state index in [1.807, 2.05) is 6.07 Å². The lowest BCUT2D eigenvalue weighted by Gasteiger charge is -2.13. The molecule has 0 nitrogen and oxygen atoms in total. The van der Waals surface area contributed by atoms with Crippen molar-refractivity contribution < 1.29 is 4.39 Å². The molecule has 0 aromatic heterocycles. The van der Waals surface area contributed by atoms with Crippen LogP contribution in [-0.2, 0) is 6.42 Å². The van der Waals surface area contributed by atoms with Gasteiger partial charge in [-0.05, 0) is 48.9 Å². The summed E-state index contributed by atoms with van der Waals surface area (Å²) >= 11 is 7.02. The van der Waals surface area contributed by atoms with Crippen LogP contribution in [0.4, 0.5) is 4.39 Å². The zero-order chi connectivity index (χ0) is 10.8. The van der Waals surface area contributed by atoms with Gasteiger partial charge in [-0.25, -0.2) is 4.39 Å². The van der Waals surface area contributed by atoms with Crippen LogP contribution in [-0.4, -0.2) is 4.83 Å². The first-order chi connectivity index (χ1) is 7.15. The zero-order valence-corrected chi connectivity index (χ0v) is 11.5. The summed E-state index contributed by atoms with van der Waals surface area (Å²) in [5, 5.41) is 0. The molecule has 1 aliphatic rings. The Hall–Kier alpha value is 0.110. The van der Waals surface area contributed by atoms with Crippen molar-refractivity contribution in [2.24, 2.45) is 5.92 Å². The molecule has 2 unspecified atom stereocenters. The van der Waals surface area contributed by atoms with Crippen LogP contribution in [0.1, 0.15) is 24.8 Å². The van der Waals surface area contributed by atoms with Gasteiger partial charge in [-0.3, -0.25) is 0 Å². The molecule has 0 N–H and O–H groups in total. The van der Waals surface area contributed by atoms with Crippen LogP contribution in [0.15, 0.2) is 22.7 Å². The normalized spacial score (nSPS) is 25.8. The van der Waals surface area contributed by atoms with Crippen LogP contribution < -0.4 is 0 Å². The van der Waals surface area contributed by atoms with Crippen molar-refractivity contribution in [3.8, 4) is 0 Å². The maximum atomic E-state index is 13.2. The summed E-state index contributed by atoms with van der Waals surface area (Å²) < 4.78 is 14.0. The van der Waals surface area contributed by atoms with E-state index in [-0.39, 0.29) is 5.82 Å². The Morgan fingerprint density at radius 3 is 2.67 bits per heavy atom. The van der Waals surface area contributed by atoms with E-state index in [9.17, 15) is 4.39 Å². The van der Waals surface area contributed by atoms with E-state index in [0.29, 0.717) is 10.7 Å². The molecule has 1 aromatic rings. The molecular formula is C12H13Br2F. The second-order valence-corrected chi connectivity index (χ2v) is 6.28. The third kappa shape index (κ3) is 3.04. The minimum Gasteiger partial charge on any atom is -0.207 e.